The van der Waals surface area contributed by atoms with Gasteiger partial charge in [-0.1, -0.05) is 19.9 Å². The maximum atomic E-state index is 13.3. The SMILES string of the molecule is CCCOc1ccc(N2C(=O)C[C@H](N(CCc3ccc(OC)c(OC)c3)C(=O)CC)C2=O)cc1. The van der Waals surface area contributed by atoms with E-state index in [9.17, 15) is 14.4 Å². The lowest BCUT2D eigenvalue weighted by molar-refractivity contribution is -0.138. The van der Waals surface area contributed by atoms with Crippen LogP contribution in [-0.2, 0) is 20.8 Å². The van der Waals surface area contributed by atoms with Crippen LogP contribution >= 0.6 is 0 Å². The van der Waals surface area contributed by atoms with E-state index in [1.807, 2.05) is 19.1 Å². The highest BCUT2D eigenvalue weighted by molar-refractivity contribution is 6.23. The predicted octanol–water partition coefficient (Wildman–Crippen LogP) is 3.61. The number of benzene rings is 2. The van der Waals surface area contributed by atoms with Gasteiger partial charge in [-0.15, -0.1) is 0 Å². The van der Waals surface area contributed by atoms with Crippen LogP contribution in [0.5, 0.6) is 17.2 Å². The highest BCUT2D eigenvalue weighted by Crippen LogP contribution is 2.30. The zero-order chi connectivity index (χ0) is 24.7. The van der Waals surface area contributed by atoms with Crippen LogP contribution in [0.25, 0.3) is 0 Å². The molecule has 0 aliphatic carbocycles. The average Bonchev–Trinajstić information content (AvgIpc) is 3.16. The molecule has 34 heavy (non-hydrogen) atoms. The van der Waals surface area contributed by atoms with Gasteiger partial charge in [-0.25, -0.2) is 4.90 Å². The largest absolute Gasteiger partial charge is 0.494 e. The summed E-state index contributed by atoms with van der Waals surface area (Å²) in [4.78, 5) is 41.5. The Balaban J connectivity index is 1.76. The number of hydrogen-bond acceptors (Lipinski definition) is 6. The Morgan fingerprint density at radius 1 is 1.03 bits per heavy atom. The molecule has 0 N–H and O–H groups in total. The molecule has 1 atom stereocenters. The van der Waals surface area contributed by atoms with E-state index in [4.69, 9.17) is 14.2 Å². The van der Waals surface area contributed by atoms with Crippen LogP contribution in [0.15, 0.2) is 42.5 Å². The molecule has 8 heteroatoms. The lowest BCUT2D eigenvalue weighted by atomic mass is 10.1. The molecule has 0 saturated carbocycles. The summed E-state index contributed by atoms with van der Waals surface area (Å²) < 4.78 is 16.2. The van der Waals surface area contributed by atoms with Crippen molar-refractivity contribution in [3.8, 4) is 17.2 Å². The van der Waals surface area contributed by atoms with Gasteiger partial charge < -0.3 is 19.1 Å². The summed E-state index contributed by atoms with van der Waals surface area (Å²) in [5, 5.41) is 0. The van der Waals surface area contributed by atoms with E-state index in [1.165, 1.54) is 9.80 Å². The monoisotopic (exact) mass is 468 g/mol. The molecule has 0 aromatic heterocycles. The summed E-state index contributed by atoms with van der Waals surface area (Å²) in [5.74, 6) is 1.01. The van der Waals surface area contributed by atoms with Crippen LogP contribution in [0, 0.1) is 0 Å². The van der Waals surface area contributed by atoms with Crippen molar-refractivity contribution in [3.63, 3.8) is 0 Å². The summed E-state index contributed by atoms with van der Waals surface area (Å²) in [7, 11) is 3.13. The predicted molar refractivity (Wildman–Crippen MR) is 128 cm³/mol. The van der Waals surface area contributed by atoms with Gasteiger partial charge in [-0.05, 0) is 54.8 Å². The van der Waals surface area contributed by atoms with Crippen molar-refractivity contribution in [2.75, 3.05) is 32.3 Å². The van der Waals surface area contributed by atoms with Crippen molar-refractivity contribution in [1.29, 1.82) is 0 Å². The standard InChI is InChI=1S/C26H32N2O6/c1-5-15-34-20-10-8-19(9-11-20)28-25(30)17-21(26(28)31)27(24(29)6-2)14-13-18-7-12-22(32-3)23(16-18)33-4/h7-12,16,21H,5-6,13-15,17H2,1-4H3/t21-/m0/s1. The topological polar surface area (TPSA) is 85.4 Å². The second kappa shape index (κ2) is 11.5. The van der Waals surface area contributed by atoms with Gasteiger partial charge in [0.1, 0.15) is 11.8 Å². The van der Waals surface area contributed by atoms with E-state index >= 15 is 0 Å². The smallest absolute Gasteiger partial charge is 0.257 e. The molecule has 3 amide bonds. The van der Waals surface area contributed by atoms with Crippen molar-refractivity contribution in [3.05, 3.63) is 48.0 Å². The number of anilines is 1. The third-order valence-electron chi connectivity index (χ3n) is 5.78. The van der Waals surface area contributed by atoms with Crippen LogP contribution in [0.3, 0.4) is 0 Å². The quantitative estimate of drug-likeness (QED) is 0.469. The molecule has 0 spiro atoms. The normalized spacial score (nSPS) is 15.4. The van der Waals surface area contributed by atoms with Crippen LogP contribution in [-0.4, -0.2) is 56.0 Å². The summed E-state index contributed by atoms with van der Waals surface area (Å²) in [5.41, 5.74) is 1.41. The summed E-state index contributed by atoms with van der Waals surface area (Å²) in [6, 6.07) is 11.6. The first kappa shape index (κ1) is 25.1. The van der Waals surface area contributed by atoms with Gasteiger partial charge in [-0.3, -0.25) is 14.4 Å². The number of hydrogen-bond donors (Lipinski definition) is 0. The zero-order valence-electron chi connectivity index (χ0n) is 20.2. The number of imide groups is 1. The van der Waals surface area contributed by atoms with Crippen LogP contribution in [0.2, 0.25) is 0 Å². The Hall–Kier alpha value is -3.55. The average molecular weight is 469 g/mol. The molecule has 1 aliphatic heterocycles. The van der Waals surface area contributed by atoms with Crippen LogP contribution < -0.4 is 19.1 Å². The highest BCUT2D eigenvalue weighted by Gasteiger charge is 2.43. The number of carbonyl (C=O) groups excluding carboxylic acids is 3. The Bertz CT molecular complexity index is 1020. The Morgan fingerprint density at radius 3 is 2.35 bits per heavy atom. The molecule has 2 aromatic rings. The molecular formula is C26H32N2O6. The number of methoxy groups -OCH3 is 2. The minimum Gasteiger partial charge on any atom is -0.494 e. The van der Waals surface area contributed by atoms with Crippen molar-refractivity contribution in [1.82, 2.24) is 4.90 Å². The van der Waals surface area contributed by atoms with Crippen molar-refractivity contribution in [2.45, 2.75) is 45.6 Å². The van der Waals surface area contributed by atoms with E-state index in [2.05, 4.69) is 0 Å². The Kier molecular flexibility index (Phi) is 8.51. The third-order valence-corrected chi connectivity index (χ3v) is 5.78. The van der Waals surface area contributed by atoms with E-state index in [-0.39, 0.29) is 30.6 Å². The molecule has 0 radical (unpaired) electrons. The summed E-state index contributed by atoms with van der Waals surface area (Å²) in [6.45, 7) is 4.67. The fourth-order valence-electron chi connectivity index (χ4n) is 3.99. The molecule has 2 aromatic carbocycles. The Labute approximate surface area is 200 Å². The van der Waals surface area contributed by atoms with E-state index < -0.39 is 6.04 Å². The molecule has 0 unspecified atom stereocenters. The molecule has 182 valence electrons. The van der Waals surface area contributed by atoms with E-state index in [1.54, 1.807) is 51.5 Å². The van der Waals surface area contributed by atoms with Crippen molar-refractivity contribution >= 4 is 23.4 Å². The molecule has 1 fully saturated rings. The van der Waals surface area contributed by atoms with Gasteiger partial charge in [0.15, 0.2) is 11.5 Å². The second-order valence-corrected chi connectivity index (χ2v) is 8.01. The maximum absolute atomic E-state index is 13.3. The number of carbonyl (C=O) groups is 3. The molecule has 1 heterocycles. The minimum absolute atomic E-state index is 0.0371. The number of ether oxygens (including phenoxy) is 3. The minimum atomic E-state index is -0.823. The fraction of sp³-hybridized carbons (Fsp3) is 0.423. The van der Waals surface area contributed by atoms with Gasteiger partial charge in [0.25, 0.3) is 5.91 Å². The number of rotatable bonds is 11. The molecule has 1 saturated heterocycles. The van der Waals surface area contributed by atoms with E-state index in [0.29, 0.717) is 42.5 Å². The van der Waals surface area contributed by atoms with Gasteiger partial charge in [0, 0.05) is 13.0 Å². The van der Waals surface area contributed by atoms with Gasteiger partial charge in [0.05, 0.1) is 32.9 Å². The highest BCUT2D eigenvalue weighted by atomic mass is 16.5. The van der Waals surface area contributed by atoms with Crippen LogP contribution in [0.1, 0.15) is 38.7 Å². The fourth-order valence-corrected chi connectivity index (χ4v) is 3.99. The lowest BCUT2D eigenvalue weighted by Gasteiger charge is -2.27. The lowest BCUT2D eigenvalue weighted by Crippen LogP contribution is -2.46. The molecule has 8 nitrogen and oxygen atoms in total. The number of amides is 3. The number of nitrogens with zero attached hydrogens (tertiary/aromatic N) is 2. The summed E-state index contributed by atoms with van der Waals surface area (Å²) in [6.07, 6.45) is 1.60. The first-order chi connectivity index (χ1) is 16.4. The van der Waals surface area contributed by atoms with E-state index in [0.717, 1.165) is 12.0 Å². The molecule has 3 rings (SSSR count). The van der Waals surface area contributed by atoms with Crippen LogP contribution in [0.4, 0.5) is 5.69 Å². The molecule has 0 bridgehead atoms. The maximum Gasteiger partial charge on any atom is 0.257 e. The first-order valence-electron chi connectivity index (χ1n) is 11.5. The summed E-state index contributed by atoms with van der Waals surface area (Å²) >= 11 is 0. The molecular weight excluding hydrogens is 436 g/mol. The Morgan fingerprint density at radius 2 is 1.74 bits per heavy atom. The third kappa shape index (κ3) is 5.50. The second-order valence-electron chi connectivity index (χ2n) is 8.01. The molecule has 1 aliphatic rings. The van der Waals surface area contributed by atoms with Gasteiger partial charge in [-0.2, -0.15) is 0 Å². The van der Waals surface area contributed by atoms with Gasteiger partial charge in [0.2, 0.25) is 11.8 Å². The van der Waals surface area contributed by atoms with Crippen molar-refractivity contribution < 1.29 is 28.6 Å². The zero-order valence-corrected chi connectivity index (χ0v) is 20.2. The van der Waals surface area contributed by atoms with Gasteiger partial charge >= 0.3 is 0 Å². The first-order valence-corrected chi connectivity index (χ1v) is 11.5. The van der Waals surface area contributed by atoms with Crippen molar-refractivity contribution in [2.24, 2.45) is 0 Å².